The Morgan fingerprint density at radius 1 is 1.13 bits per heavy atom. The monoisotopic (exact) mass is 448 g/mol. The zero-order chi connectivity index (χ0) is 22.4. The molecule has 0 aliphatic heterocycles. The van der Waals surface area contributed by atoms with Crippen LogP contribution in [-0.2, 0) is 10.0 Å². The van der Waals surface area contributed by atoms with E-state index in [0.717, 1.165) is 17.8 Å². The predicted octanol–water partition coefficient (Wildman–Crippen LogP) is 4.06. The number of methoxy groups -OCH3 is 1. The molecular formula is C24H36N2O4S. The van der Waals surface area contributed by atoms with E-state index in [1.807, 2.05) is 0 Å². The molecule has 0 spiro atoms. The highest BCUT2D eigenvalue weighted by Crippen LogP contribution is 2.61. The van der Waals surface area contributed by atoms with Crippen LogP contribution in [0.3, 0.4) is 0 Å². The van der Waals surface area contributed by atoms with Gasteiger partial charge in [-0.05, 0) is 86.8 Å². The largest absolute Gasteiger partial charge is 0.495 e. The van der Waals surface area contributed by atoms with Crippen LogP contribution in [0.2, 0.25) is 0 Å². The molecule has 7 heteroatoms. The third-order valence-corrected chi connectivity index (χ3v) is 10.2. The van der Waals surface area contributed by atoms with Gasteiger partial charge in [-0.2, -0.15) is 4.31 Å². The molecule has 6 nitrogen and oxygen atoms in total. The van der Waals surface area contributed by atoms with Crippen molar-refractivity contribution in [1.29, 1.82) is 0 Å². The third-order valence-electron chi connectivity index (χ3n) is 8.10. The normalized spacial score (nSPS) is 30.4. The summed E-state index contributed by atoms with van der Waals surface area (Å²) in [5.41, 5.74) is 0.565. The van der Waals surface area contributed by atoms with E-state index in [4.69, 9.17) is 4.74 Å². The predicted molar refractivity (Wildman–Crippen MR) is 121 cm³/mol. The molecule has 0 aromatic heterocycles. The van der Waals surface area contributed by atoms with E-state index in [-0.39, 0.29) is 28.0 Å². The molecule has 0 radical (unpaired) electrons. The smallest absolute Gasteiger partial charge is 0.251 e. The zero-order valence-corrected chi connectivity index (χ0v) is 20.0. The number of carbonyl (C=O) groups is 1. The fourth-order valence-corrected chi connectivity index (χ4v) is 8.50. The number of nitrogens with zero attached hydrogens (tertiary/aromatic N) is 1. The first-order chi connectivity index (χ1) is 14.7. The first kappa shape index (κ1) is 22.6. The van der Waals surface area contributed by atoms with Crippen molar-refractivity contribution in [2.45, 2.75) is 70.2 Å². The minimum absolute atomic E-state index is 0.0498. The van der Waals surface area contributed by atoms with Crippen molar-refractivity contribution in [2.24, 2.45) is 23.2 Å². The third kappa shape index (κ3) is 3.99. The topological polar surface area (TPSA) is 75.7 Å². The van der Waals surface area contributed by atoms with E-state index >= 15 is 0 Å². The highest BCUT2D eigenvalue weighted by atomic mass is 32.2. The van der Waals surface area contributed by atoms with Gasteiger partial charge in [0.1, 0.15) is 10.6 Å². The van der Waals surface area contributed by atoms with Crippen LogP contribution in [0.25, 0.3) is 0 Å². The van der Waals surface area contributed by atoms with E-state index in [2.05, 4.69) is 12.2 Å². The van der Waals surface area contributed by atoms with Crippen LogP contribution in [0.15, 0.2) is 23.1 Å². The van der Waals surface area contributed by atoms with Gasteiger partial charge < -0.3 is 10.1 Å². The van der Waals surface area contributed by atoms with Crippen LogP contribution in [0.1, 0.15) is 69.7 Å². The van der Waals surface area contributed by atoms with Crippen molar-refractivity contribution < 1.29 is 17.9 Å². The first-order valence-electron chi connectivity index (χ1n) is 11.7. The molecule has 4 bridgehead atoms. The van der Waals surface area contributed by atoms with Gasteiger partial charge in [0.05, 0.1) is 7.11 Å². The quantitative estimate of drug-likeness (QED) is 0.651. The molecule has 1 aromatic carbocycles. The van der Waals surface area contributed by atoms with Crippen molar-refractivity contribution in [3.8, 4) is 5.75 Å². The Bertz CT molecular complexity index is 904. The van der Waals surface area contributed by atoms with Crippen molar-refractivity contribution in [3.05, 3.63) is 23.8 Å². The van der Waals surface area contributed by atoms with Crippen molar-refractivity contribution in [1.82, 2.24) is 9.62 Å². The summed E-state index contributed by atoms with van der Waals surface area (Å²) in [5, 5.41) is 3.24. The number of hydrogen-bond donors (Lipinski definition) is 1. The van der Waals surface area contributed by atoms with E-state index in [0.29, 0.717) is 18.7 Å². The van der Waals surface area contributed by atoms with E-state index in [1.165, 1.54) is 56.0 Å². The zero-order valence-electron chi connectivity index (χ0n) is 19.2. The second-order valence-electron chi connectivity index (χ2n) is 9.93. The maximum atomic E-state index is 13.2. The molecule has 172 valence electrons. The van der Waals surface area contributed by atoms with Crippen LogP contribution in [0.4, 0.5) is 0 Å². The summed E-state index contributed by atoms with van der Waals surface area (Å²) in [6, 6.07) is 4.79. The second-order valence-corrected chi connectivity index (χ2v) is 11.8. The number of sulfonamides is 1. The van der Waals surface area contributed by atoms with Gasteiger partial charge in [0.25, 0.3) is 5.91 Å². The van der Waals surface area contributed by atoms with Crippen molar-refractivity contribution >= 4 is 15.9 Å². The highest BCUT2D eigenvalue weighted by molar-refractivity contribution is 7.89. The molecule has 1 atom stereocenters. The molecule has 4 aliphatic carbocycles. The highest BCUT2D eigenvalue weighted by Gasteiger charge is 2.53. The summed E-state index contributed by atoms with van der Waals surface area (Å²) < 4.78 is 32.9. The summed E-state index contributed by atoms with van der Waals surface area (Å²) in [6.07, 6.45) is 7.74. The second kappa shape index (κ2) is 8.39. The van der Waals surface area contributed by atoms with Gasteiger partial charge in [-0.1, -0.05) is 13.8 Å². The number of benzene rings is 1. The van der Waals surface area contributed by atoms with Gasteiger partial charge >= 0.3 is 0 Å². The number of ether oxygens (including phenoxy) is 1. The number of amides is 1. The summed E-state index contributed by atoms with van der Waals surface area (Å²) in [5.74, 6) is 2.51. The van der Waals surface area contributed by atoms with Gasteiger partial charge in [-0.25, -0.2) is 8.42 Å². The summed E-state index contributed by atoms with van der Waals surface area (Å²) in [4.78, 5) is 13.2. The molecular weight excluding hydrogens is 412 g/mol. The lowest BCUT2D eigenvalue weighted by molar-refractivity contribution is -0.0688. The molecule has 0 heterocycles. The Hall–Kier alpha value is -1.60. The summed E-state index contributed by atoms with van der Waals surface area (Å²) in [7, 11) is -2.29. The Balaban J connectivity index is 1.56. The van der Waals surface area contributed by atoms with Gasteiger partial charge in [0.15, 0.2) is 0 Å². The molecule has 1 aromatic rings. The van der Waals surface area contributed by atoms with Crippen LogP contribution in [0, 0.1) is 23.2 Å². The van der Waals surface area contributed by atoms with E-state index in [1.54, 1.807) is 26.0 Å². The molecule has 1 amide bonds. The standard InChI is InChI=1S/C24H36N2O4S/c1-5-26(6-2)31(28,29)22-12-20(7-8-21(22)30-4)23(27)25-16(3)24-13-17-9-18(14-24)11-19(10-17)15-24/h7-8,12,16-19H,5-6,9-11,13-15H2,1-4H3,(H,25,27)/t16-,17?,18?,19?,24?/m0/s1. The van der Waals surface area contributed by atoms with Crippen molar-refractivity contribution in [2.75, 3.05) is 20.2 Å². The van der Waals surface area contributed by atoms with Gasteiger partial charge in [-0.3, -0.25) is 4.79 Å². The number of rotatable bonds is 8. The molecule has 0 unspecified atom stereocenters. The van der Waals surface area contributed by atoms with Crippen LogP contribution >= 0.6 is 0 Å². The molecule has 0 saturated heterocycles. The van der Waals surface area contributed by atoms with Crippen LogP contribution in [0.5, 0.6) is 5.75 Å². The Kier molecular flexibility index (Phi) is 6.12. The lowest BCUT2D eigenvalue weighted by atomic mass is 9.48. The average molecular weight is 449 g/mol. The maximum Gasteiger partial charge on any atom is 0.251 e. The minimum Gasteiger partial charge on any atom is -0.495 e. The lowest BCUT2D eigenvalue weighted by Crippen LogP contribution is -2.55. The van der Waals surface area contributed by atoms with Crippen LogP contribution in [-0.4, -0.2) is 44.9 Å². The number of carbonyl (C=O) groups excluding carboxylic acids is 1. The molecule has 31 heavy (non-hydrogen) atoms. The SMILES string of the molecule is CCN(CC)S(=O)(=O)c1cc(C(=O)N[C@@H](C)C23CC4CC(CC(C4)C2)C3)ccc1OC. The Labute approximate surface area is 186 Å². The molecule has 4 fully saturated rings. The summed E-state index contributed by atoms with van der Waals surface area (Å²) in [6.45, 7) is 6.47. The molecule has 1 N–H and O–H groups in total. The number of hydrogen-bond acceptors (Lipinski definition) is 4. The van der Waals surface area contributed by atoms with Gasteiger partial charge in [0, 0.05) is 24.7 Å². The average Bonchev–Trinajstić information content (AvgIpc) is 2.72. The van der Waals surface area contributed by atoms with Crippen molar-refractivity contribution in [3.63, 3.8) is 0 Å². The minimum atomic E-state index is -3.74. The van der Waals surface area contributed by atoms with Gasteiger partial charge in [-0.15, -0.1) is 0 Å². The summed E-state index contributed by atoms with van der Waals surface area (Å²) >= 11 is 0. The Morgan fingerprint density at radius 2 is 1.68 bits per heavy atom. The van der Waals surface area contributed by atoms with E-state index < -0.39 is 10.0 Å². The fourth-order valence-electron chi connectivity index (χ4n) is 6.86. The lowest BCUT2D eigenvalue weighted by Gasteiger charge is -2.59. The fraction of sp³-hybridized carbons (Fsp3) is 0.708. The Morgan fingerprint density at radius 3 is 2.16 bits per heavy atom. The van der Waals surface area contributed by atoms with Crippen LogP contribution < -0.4 is 10.1 Å². The molecule has 4 saturated carbocycles. The number of nitrogens with one attached hydrogen (secondary N) is 1. The van der Waals surface area contributed by atoms with Gasteiger partial charge in [0.2, 0.25) is 10.0 Å². The van der Waals surface area contributed by atoms with E-state index in [9.17, 15) is 13.2 Å². The maximum absolute atomic E-state index is 13.2. The first-order valence-corrected chi connectivity index (χ1v) is 13.2. The molecule has 5 rings (SSSR count). The molecule has 4 aliphatic rings.